The number of carbonyl (C=O) groups excluding carboxylic acids is 2. The Labute approximate surface area is 158 Å². The molecule has 0 unspecified atom stereocenters. The van der Waals surface area contributed by atoms with Gasteiger partial charge in [-0.1, -0.05) is 13.3 Å². The van der Waals surface area contributed by atoms with Crippen LogP contribution in [0.1, 0.15) is 40.8 Å². The zero-order chi connectivity index (χ0) is 19.2. The number of anilines is 1. The summed E-state index contributed by atoms with van der Waals surface area (Å²) in [6.45, 7) is 5.13. The van der Waals surface area contributed by atoms with Crippen LogP contribution < -0.4 is 4.90 Å². The Hall–Kier alpha value is -2.90. The van der Waals surface area contributed by atoms with E-state index >= 15 is 0 Å². The fourth-order valence-corrected chi connectivity index (χ4v) is 2.98. The molecule has 8 heteroatoms. The first-order valence-corrected chi connectivity index (χ1v) is 9.26. The molecule has 2 aromatic heterocycles. The van der Waals surface area contributed by atoms with Gasteiger partial charge in [-0.05, 0) is 24.6 Å². The molecule has 1 aliphatic heterocycles. The zero-order valence-corrected chi connectivity index (χ0v) is 15.8. The van der Waals surface area contributed by atoms with E-state index in [0.717, 1.165) is 12.8 Å². The number of rotatable bonds is 6. The Morgan fingerprint density at radius 3 is 2.67 bits per heavy atom. The number of nitrogens with zero attached hydrogens (tertiary/aromatic N) is 5. The number of amides is 2. The highest BCUT2D eigenvalue weighted by molar-refractivity contribution is 5.92. The third-order valence-corrected chi connectivity index (χ3v) is 4.64. The van der Waals surface area contributed by atoms with Crippen LogP contribution >= 0.6 is 0 Å². The third kappa shape index (κ3) is 4.45. The molecule has 3 heterocycles. The highest BCUT2D eigenvalue weighted by atomic mass is 16.3. The number of carbonyl (C=O) groups is 2. The van der Waals surface area contributed by atoms with Crippen LogP contribution in [0.5, 0.6) is 0 Å². The van der Waals surface area contributed by atoms with Crippen LogP contribution in [0.4, 0.5) is 5.95 Å². The maximum absolute atomic E-state index is 12.5. The van der Waals surface area contributed by atoms with Gasteiger partial charge in [0.15, 0.2) is 5.76 Å². The van der Waals surface area contributed by atoms with Gasteiger partial charge in [0.25, 0.3) is 11.8 Å². The van der Waals surface area contributed by atoms with E-state index in [-0.39, 0.29) is 11.8 Å². The molecular formula is C19H25N5O3. The van der Waals surface area contributed by atoms with Crippen molar-refractivity contribution in [1.82, 2.24) is 19.8 Å². The van der Waals surface area contributed by atoms with Crippen molar-refractivity contribution in [3.8, 4) is 0 Å². The Morgan fingerprint density at radius 1 is 1.22 bits per heavy atom. The van der Waals surface area contributed by atoms with Crippen LogP contribution in [0.3, 0.4) is 0 Å². The normalized spacial score (nSPS) is 14.3. The summed E-state index contributed by atoms with van der Waals surface area (Å²) in [5.74, 6) is 0.665. The monoisotopic (exact) mass is 371 g/mol. The van der Waals surface area contributed by atoms with E-state index in [2.05, 4.69) is 16.9 Å². The van der Waals surface area contributed by atoms with Gasteiger partial charge in [-0.3, -0.25) is 9.59 Å². The van der Waals surface area contributed by atoms with E-state index in [4.69, 9.17) is 4.42 Å². The lowest BCUT2D eigenvalue weighted by atomic mass is 10.3. The van der Waals surface area contributed by atoms with E-state index < -0.39 is 0 Å². The summed E-state index contributed by atoms with van der Waals surface area (Å²) in [5, 5.41) is 0. The third-order valence-electron chi connectivity index (χ3n) is 4.64. The van der Waals surface area contributed by atoms with Crippen molar-refractivity contribution >= 4 is 17.8 Å². The fraction of sp³-hybridized carbons (Fsp3) is 0.474. The molecule has 2 aromatic rings. The van der Waals surface area contributed by atoms with Gasteiger partial charge in [-0.2, -0.15) is 0 Å². The SMILES string of the molecule is CCCCN(C)C(=O)c1ccnc(N2CCN(C(=O)c3ccco3)CC2)n1. The summed E-state index contributed by atoms with van der Waals surface area (Å²) in [4.78, 5) is 39.0. The lowest BCUT2D eigenvalue weighted by Crippen LogP contribution is -2.49. The first-order valence-electron chi connectivity index (χ1n) is 9.26. The minimum absolute atomic E-state index is 0.0984. The summed E-state index contributed by atoms with van der Waals surface area (Å²) < 4.78 is 5.18. The van der Waals surface area contributed by atoms with Crippen molar-refractivity contribution < 1.29 is 14.0 Å². The number of furan rings is 1. The van der Waals surface area contributed by atoms with Crippen molar-refractivity contribution in [3.05, 3.63) is 42.1 Å². The molecule has 144 valence electrons. The first kappa shape index (κ1) is 18.9. The largest absolute Gasteiger partial charge is 0.459 e. The number of piperazine rings is 1. The molecule has 8 nitrogen and oxygen atoms in total. The predicted octanol–water partition coefficient (Wildman–Crippen LogP) is 1.90. The number of hydrogen-bond donors (Lipinski definition) is 0. The summed E-state index contributed by atoms with van der Waals surface area (Å²) >= 11 is 0. The lowest BCUT2D eigenvalue weighted by Gasteiger charge is -2.34. The number of unbranched alkanes of at least 4 members (excludes halogenated alkanes) is 1. The second-order valence-electron chi connectivity index (χ2n) is 6.58. The Balaban J connectivity index is 1.61. The first-order chi connectivity index (χ1) is 13.1. The van der Waals surface area contributed by atoms with E-state index in [1.165, 1.54) is 6.26 Å². The molecule has 0 saturated carbocycles. The summed E-state index contributed by atoms with van der Waals surface area (Å²) in [5.41, 5.74) is 0.396. The maximum Gasteiger partial charge on any atom is 0.289 e. The minimum atomic E-state index is -0.109. The smallest absolute Gasteiger partial charge is 0.289 e. The van der Waals surface area contributed by atoms with Gasteiger partial charge >= 0.3 is 0 Å². The highest BCUT2D eigenvalue weighted by Gasteiger charge is 2.25. The highest BCUT2D eigenvalue weighted by Crippen LogP contribution is 2.14. The second kappa shape index (κ2) is 8.66. The molecule has 0 spiro atoms. The fourth-order valence-electron chi connectivity index (χ4n) is 2.98. The molecule has 27 heavy (non-hydrogen) atoms. The maximum atomic E-state index is 12.5. The number of aromatic nitrogens is 2. The van der Waals surface area contributed by atoms with Gasteiger partial charge < -0.3 is 19.1 Å². The van der Waals surface area contributed by atoms with Crippen LogP contribution in [-0.2, 0) is 0 Å². The quantitative estimate of drug-likeness (QED) is 0.771. The van der Waals surface area contributed by atoms with Gasteiger partial charge in [0.05, 0.1) is 6.26 Å². The van der Waals surface area contributed by atoms with E-state index in [9.17, 15) is 9.59 Å². The van der Waals surface area contributed by atoms with Crippen LogP contribution in [0, 0.1) is 0 Å². The molecule has 3 rings (SSSR count). The minimum Gasteiger partial charge on any atom is -0.459 e. The summed E-state index contributed by atoms with van der Waals surface area (Å²) in [6, 6.07) is 5.02. The molecule has 0 aliphatic carbocycles. The average Bonchev–Trinajstić information content (AvgIpc) is 3.26. The van der Waals surface area contributed by atoms with E-state index in [1.54, 1.807) is 41.2 Å². The lowest BCUT2D eigenvalue weighted by molar-refractivity contribution is 0.0714. The molecule has 0 aromatic carbocycles. The van der Waals surface area contributed by atoms with Crippen molar-refractivity contribution in [1.29, 1.82) is 0 Å². The van der Waals surface area contributed by atoms with Crippen LogP contribution in [0.2, 0.25) is 0 Å². The Morgan fingerprint density at radius 2 is 2.00 bits per heavy atom. The van der Waals surface area contributed by atoms with Crippen LogP contribution in [0.15, 0.2) is 35.1 Å². The van der Waals surface area contributed by atoms with Crippen molar-refractivity contribution in [2.45, 2.75) is 19.8 Å². The molecule has 1 saturated heterocycles. The van der Waals surface area contributed by atoms with Crippen LogP contribution in [-0.4, -0.2) is 71.4 Å². The molecule has 0 atom stereocenters. The van der Waals surface area contributed by atoms with Gasteiger partial charge in [0, 0.05) is 46.0 Å². The van der Waals surface area contributed by atoms with E-state index in [1.807, 2.05) is 4.90 Å². The molecule has 0 bridgehead atoms. The number of hydrogen-bond acceptors (Lipinski definition) is 6. The van der Waals surface area contributed by atoms with Crippen molar-refractivity contribution in [2.75, 3.05) is 44.7 Å². The standard InChI is InChI=1S/C19H25N5O3/c1-3-4-9-22(2)17(25)15-7-8-20-19(21-15)24-12-10-23(11-13-24)18(26)16-6-5-14-27-16/h5-8,14H,3-4,9-13H2,1-2H3. The Bertz CT molecular complexity index is 769. The van der Waals surface area contributed by atoms with Crippen molar-refractivity contribution in [3.63, 3.8) is 0 Å². The van der Waals surface area contributed by atoms with Crippen LogP contribution in [0.25, 0.3) is 0 Å². The molecule has 0 radical (unpaired) electrons. The molecular weight excluding hydrogens is 346 g/mol. The average molecular weight is 371 g/mol. The summed E-state index contributed by atoms with van der Waals surface area (Å²) in [6.07, 6.45) is 5.11. The van der Waals surface area contributed by atoms with Gasteiger partial charge in [-0.25, -0.2) is 9.97 Å². The topological polar surface area (TPSA) is 82.8 Å². The van der Waals surface area contributed by atoms with Gasteiger partial charge in [0.2, 0.25) is 5.95 Å². The summed E-state index contributed by atoms with van der Waals surface area (Å²) in [7, 11) is 1.79. The second-order valence-corrected chi connectivity index (χ2v) is 6.58. The molecule has 1 fully saturated rings. The van der Waals surface area contributed by atoms with E-state index in [0.29, 0.717) is 50.1 Å². The molecule has 2 amide bonds. The molecule has 0 N–H and O–H groups in total. The van der Waals surface area contributed by atoms with Gasteiger partial charge in [0.1, 0.15) is 5.69 Å². The van der Waals surface area contributed by atoms with Crippen molar-refractivity contribution in [2.24, 2.45) is 0 Å². The Kier molecular flexibility index (Phi) is 6.05. The zero-order valence-electron chi connectivity index (χ0n) is 15.8. The van der Waals surface area contributed by atoms with Gasteiger partial charge in [-0.15, -0.1) is 0 Å². The molecule has 1 aliphatic rings. The predicted molar refractivity (Wildman–Crippen MR) is 101 cm³/mol.